The number of nitrogens with zero attached hydrogens (tertiary/aromatic N) is 2. The molecule has 0 aromatic heterocycles. The maximum Gasteiger partial charge on any atom is 0.307 e. The third-order valence-corrected chi connectivity index (χ3v) is 5.69. The van der Waals surface area contributed by atoms with Crippen LogP contribution in [0.2, 0.25) is 0 Å². The quantitative estimate of drug-likeness (QED) is 0.708. The van der Waals surface area contributed by atoms with E-state index in [0.717, 1.165) is 30.4 Å². The first kappa shape index (κ1) is 18.9. The molecule has 2 aliphatic heterocycles. The Hall–Kier alpha value is -1.87. The molecule has 1 aromatic rings. The number of thioether (sulfide) groups is 1. The fourth-order valence-electron chi connectivity index (χ4n) is 2.64. The van der Waals surface area contributed by atoms with E-state index in [1.165, 1.54) is 11.8 Å². The van der Waals surface area contributed by atoms with E-state index in [2.05, 4.69) is 31.1 Å². The molecule has 2 heterocycles. The van der Waals surface area contributed by atoms with Gasteiger partial charge >= 0.3 is 5.97 Å². The van der Waals surface area contributed by atoms with E-state index >= 15 is 0 Å². The first-order valence-electron chi connectivity index (χ1n) is 8.26. The summed E-state index contributed by atoms with van der Waals surface area (Å²) in [6.07, 6.45) is 2.10. The Morgan fingerprint density at radius 1 is 1.27 bits per heavy atom. The SMILES string of the molecule is O=C(COC(=O)C[C@@H]1SC(N2CCCC2)=NC1=O)Nc1ccc(Br)cc1. The van der Waals surface area contributed by atoms with Crippen molar-refractivity contribution < 1.29 is 19.1 Å². The second-order valence-electron chi connectivity index (χ2n) is 5.95. The number of aliphatic imine (C=N–C) groups is 1. The highest BCUT2D eigenvalue weighted by Crippen LogP contribution is 2.29. The molecule has 2 aliphatic rings. The van der Waals surface area contributed by atoms with Gasteiger partial charge in [-0.1, -0.05) is 27.7 Å². The van der Waals surface area contributed by atoms with Crippen LogP contribution in [0.4, 0.5) is 5.69 Å². The molecule has 0 saturated carbocycles. The molecule has 3 rings (SSSR count). The molecule has 1 fully saturated rings. The molecule has 0 spiro atoms. The lowest BCUT2D eigenvalue weighted by molar-refractivity contribution is -0.147. The highest BCUT2D eigenvalue weighted by Gasteiger charge is 2.34. The van der Waals surface area contributed by atoms with E-state index in [1.807, 2.05) is 0 Å². The molecular weight excluding hydrogens is 422 g/mol. The van der Waals surface area contributed by atoms with Gasteiger partial charge in [0.1, 0.15) is 5.25 Å². The summed E-state index contributed by atoms with van der Waals surface area (Å²) < 4.78 is 5.88. The molecule has 1 saturated heterocycles. The van der Waals surface area contributed by atoms with Crippen LogP contribution >= 0.6 is 27.7 Å². The van der Waals surface area contributed by atoms with Crippen molar-refractivity contribution in [3.63, 3.8) is 0 Å². The van der Waals surface area contributed by atoms with E-state index in [9.17, 15) is 14.4 Å². The standard InChI is InChI=1S/C17H18BrN3O4S/c18-11-3-5-12(6-4-11)19-14(22)10-25-15(23)9-13-16(24)20-17(26-13)21-7-1-2-8-21/h3-6,13H,1-2,7-10H2,(H,19,22)/t13-/m0/s1. The van der Waals surface area contributed by atoms with Gasteiger partial charge in [-0.05, 0) is 37.1 Å². The molecule has 1 aromatic carbocycles. The molecule has 0 radical (unpaired) electrons. The van der Waals surface area contributed by atoms with Crippen LogP contribution in [0.15, 0.2) is 33.7 Å². The minimum atomic E-state index is -0.584. The highest BCUT2D eigenvalue weighted by molar-refractivity contribution is 9.10. The van der Waals surface area contributed by atoms with Crippen LogP contribution in [-0.2, 0) is 19.1 Å². The predicted molar refractivity (Wildman–Crippen MR) is 103 cm³/mol. The monoisotopic (exact) mass is 439 g/mol. The normalized spacial score (nSPS) is 19.4. The van der Waals surface area contributed by atoms with Gasteiger partial charge in [-0.25, -0.2) is 0 Å². The number of likely N-dealkylation sites (tertiary alicyclic amines) is 1. The second kappa shape index (κ2) is 8.68. The minimum Gasteiger partial charge on any atom is -0.456 e. The lowest BCUT2D eigenvalue weighted by Crippen LogP contribution is -2.25. The molecule has 0 unspecified atom stereocenters. The van der Waals surface area contributed by atoms with Gasteiger partial charge in [0, 0.05) is 23.2 Å². The number of amidine groups is 1. The molecule has 1 N–H and O–H groups in total. The summed E-state index contributed by atoms with van der Waals surface area (Å²) in [5, 5.41) is 2.76. The van der Waals surface area contributed by atoms with Crippen molar-refractivity contribution in [2.24, 2.45) is 4.99 Å². The van der Waals surface area contributed by atoms with Gasteiger partial charge in [-0.3, -0.25) is 14.4 Å². The number of hydrogen-bond acceptors (Lipinski definition) is 6. The summed E-state index contributed by atoms with van der Waals surface area (Å²) in [6, 6.07) is 7.05. The molecular formula is C17H18BrN3O4S. The number of anilines is 1. The van der Waals surface area contributed by atoms with Gasteiger partial charge in [0.05, 0.1) is 6.42 Å². The molecule has 9 heteroatoms. The second-order valence-corrected chi connectivity index (χ2v) is 8.04. The summed E-state index contributed by atoms with van der Waals surface area (Å²) in [5.74, 6) is -1.33. The topological polar surface area (TPSA) is 88.1 Å². The number of ether oxygens (including phenoxy) is 1. The zero-order chi connectivity index (χ0) is 18.5. The zero-order valence-corrected chi connectivity index (χ0v) is 16.3. The van der Waals surface area contributed by atoms with Crippen LogP contribution < -0.4 is 5.32 Å². The van der Waals surface area contributed by atoms with Crippen molar-refractivity contribution in [2.45, 2.75) is 24.5 Å². The van der Waals surface area contributed by atoms with E-state index in [0.29, 0.717) is 10.9 Å². The van der Waals surface area contributed by atoms with E-state index in [-0.39, 0.29) is 18.9 Å². The molecule has 138 valence electrons. The maximum absolute atomic E-state index is 12.0. The van der Waals surface area contributed by atoms with Crippen LogP contribution in [0.3, 0.4) is 0 Å². The van der Waals surface area contributed by atoms with E-state index in [4.69, 9.17) is 4.74 Å². The highest BCUT2D eigenvalue weighted by atomic mass is 79.9. The van der Waals surface area contributed by atoms with Gasteiger partial charge in [0.2, 0.25) is 0 Å². The molecule has 1 atom stereocenters. The minimum absolute atomic E-state index is 0.0874. The number of carbonyl (C=O) groups excluding carboxylic acids is 3. The molecule has 0 aliphatic carbocycles. The molecule has 2 amide bonds. The lowest BCUT2D eigenvalue weighted by Gasteiger charge is -2.16. The number of esters is 1. The van der Waals surface area contributed by atoms with E-state index in [1.54, 1.807) is 24.3 Å². The number of benzene rings is 1. The van der Waals surface area contributed by atoms with Crippen molar-refractivity contribution in [2.75, 3.05) is 25.0 Å². The Labute approximate surface area is 163 Å². The fraction of sp³-hybridized carbons (Fsp3) is 0.412. The Bertz CT molecular complexity index is 732. The third kappa shape index (κ3) is 5.07. The predicted octanol–water partition coefficient (Wildman–Crippen LogP) is 2.41. The van der Waals surface area contributed by atoms with Crippen molar-refractivity contribution in [3.05, 3.63) is 28.7 Å². The number of carbonyl (C=O) groups is 3. The van der Waals surface area contributed by atoms with Crippen molar-refractivity contribution in [3.8, 4) is 0 Å². The van der Waals surface area contributed by atoms with Crippen molar-refractivity contribution in [1.82, 2.24) is 4.90 Å². The van der Waals surface area contributed by atoms with Crippen LogP contribution in [0.25, 0.3) is 0 Å². The number of amides is 2. The van der Waals surface area contributed by atoms with Gasteiger partial charge in [0.15, 0.2) is 11.8 Å². The molecule has 7 nitrogen and oxygen atoms in total. The number of rotatable bonds is 5. The molecule has 26 heavy (non-hydrogen) atoms. The first-order valence-corrected chi connectivity index (χ1v) is 9.94. The third-order valence-electron chi connectivity index (χ3n) is 3.95. The average Bonchev–Trinajstić information content (AvgIpc) is 3.26. The van der Waals surface area contributed by atoms with E-state index < -0.39 is 17.1 Å². The van der Waals surface area contributed by atoms with Crippen LogP contribution in [-0.4, -0.2) is 52.8 Å². The Balaban J connectivity index is 1.41. The fourth-order valence-corrected chi connectivity index (χ4v) is 4.01. The summed E-state index contributed by atoms with van der Waals surface area (Å²) in [5.41, 5.74) is 0.611. The first-order chi connectivity index (χ1) is 12.5. The van der Waals surface area contributed by atoms with Gasteiger partial charge < -0.3 is 15.0 Å². The van der Waals surface area contributed by atoms with Crippen LogP contribution in [0.5, 0.6) is 0 Å². The van der Waals surface area contributed by atoms with Gasteiger partial charge in [-0.15, -0.1) is 0 Å². The largest absolute Gasteiger partial charge is 0.456 e. The average molecular weight is 440 g/mol. The number of hydrogen-bond donors (Lipinski definition) is 1. The number of halogens is 1. The van der Waals surface area contributed by atoms with Crippen molar-refractivity contribution >= 4 is 56.3 Å². The maximum atomic E-state index is 12.0. The van der Waals surface area contributed by atoms with Crippen LogP contribution in [0.1, 0.15) is 19.3 Å². The number of nitrogens with one attached hydrogen (secondary N) is 1. The van der Waals surface area contributed by atoms with Crippen molar-refractivity contribution in [1.29, 1.82) is 0 Å². The summed E-state index contributed by atoms with van der Waals surface area (Å²) in [7, 11) is 0. The summed E-state index contributed by atoms with van der Waals surface area (Å²) in [4.78, 5) is 41.8. The van der Waals surface area contributed by atoms with Crippen LogP contribution in [0, 0.1) is 0 Å². The Kier molecular flexibility index (Phi) is 6.31. The smallest absolute Gasteiger partial charge is 0.307 e. The van der Waals surface area contributed by atoms with Gasteiger partial charge in [-0.2, -0.15) is 4.99 Å². The van der Waals surface area contributed by atoms with Gasteiger partial charge in [0.25, 0.3) is 11.8 Å². The Morgan fingerprint density at radius 3 is 2.65 bits per heavy atom. The molecule has 0 bridgehead atoms. The lowest BCUT2D eigenvalue weighted by atomic mass is 10.3. The summed E-state index contributed by atoms with van der Waals surface area (Å²) in [6.45, 7) is 1.40. The zero-order valence-electron chi connectivity index (χ0n) is 13.9. The Morgan fingerprint density at radius 2 is 1.96 bits per heavy atom. The summed E-state index contributed by atoms with van der Waals surface area (Å²) >= 11 is 4.61.